The number of oxime groups is 1. The average molecular weight is 416 g/mol. The van der Waals surface area contributed by atoms with Crippen LogP contribution in [0.4, 0.5) is 0 Å². The Balaban J connectivity index is 1.60. The Morgan fingerprint density at radius 1 is 1.13 bits per heavy atom. The van der Waals surface area contributed by atoms with E-state index in [0.29, 0.717) is 45.0 Å². The van der Waals surface area contributed by atoms with E-state index in [4.69, 9.17) is 14.7 Å². The number of hydroxylamine groups is 2. The van der Waals surface area contributed by atoms with Gasteiger partial charge in [0, 0.05) is 37.8 Å². The fourth-order valence-corrected chi connectivity index (χ4v) is 3.93. The lowest BCUT2D eigenvalue weighted by atomic mass is 10.1. The highest BCUT2D eigenvalue weighted by molar-refractivity contribution is 6.16. The van der Waals surface area contributed by atoms with Crippen LogP contribution in [-0.4, -0.2) is 65.6 Å². The second kappa shape index (κ2) is 7.50. The molecule has 3 aromatic rings. The predicted molar refractivity (Wildman–Crippen MR) is 114 cm³/mol. The molecule has 0 amide bonds. The van der Waals surface area contributed by atoms with Crippen molar-refractivity contribution in [1.82, 2.24) is 19.5 Å². The van der Waals surface area contributed by atoms with Gasteiger partial charge < -0.3 is 14.6 Å². The third kappa shape index (κ3) is 3.22. The van der Waals surface area contributed by atoms with Crippen molar-refractivity contribution in [2.24, 2.45) is 5.16 Å². The Labute approximate surface area is 178 Å². The number of nitriles is 1. The van der Waals surface area contributed by atoms with Crippen molar-refractivity contribution in [3.63, 3.8) is 0 Å². The fourth-order valence-electron chi connectivity index (χ4n) is 3.93. The Morgan fingerprint density at radius 2 is 1.94 bits per heavy atom. The summed E-state index contributed by atoms with van der Waals surface area (Å²) in [6.45, 7) is 3.47. The van der Waals surface area contributed by atoms with Crippen LogP contribution in [0.3, 0.4) is 0 Å². The van der Waals surface area contributed by atoms with Crippen LogP contribution in [0.25, 0.3) is 16.6 Å². The zero-order chi connectivity index (χ0) is 21.5. The molecule has 1 saturated heterocycles. The van der Waals surface area contributed by atoms with Crippen LogP contribution >= 0.6 is 0 Å². The highest BCUT2D eigenvalue weighted by Crippen LogP contribution is 2.29. The van der Waals surface area contributed by atoms with Gasteiger partial charge in [0.15, 0.2) is 11.5 Å². The third-order valence-corrected chi connectivity index (χ3v) is 5.55. The van der Waals surface area contributed by atoms with Crippen molar-refractivity contribution in [2.45, 2.75) is 0 Å². The molecule has 0 bridgehead atoms. The van der Waals surface area contributed by atoms with Gasteiger partial charge in [0.25, 0.3) is 5.56 Å². The number of rotatable bonds is 3. The van der Waals surface area contributed by atoms with Crippen LogP contribution in [0, 0.1) is 11.3 Å². The highest BCUT2D eigenvalue weighted by atomic mass is 16.7. The van der Waals surface area contributed by atoms with Crippen molar-refractivity contribution >= 4 is 16.6 Å². The van der Waals surface area contributed by atoms with Crippen molar-refractivity contribution in [3.8, 4) is 17.5 Å². The Morgan fingerprint density at radius 3 is 2.68 bits per heavy atom. The summed E-state index contributed by atoms with van der Waals surface area (Å²) >= 11 is 0. The Hall–Kier alpha value is -3.74. The SMILES string of the molecule is CO/N=C1\c2cc(C#N)ccc2-n2c1nc1cc(ON3CCN(C)CC3)ccc1c2=O. The van der Waals surface area contributed by atoms with Gasteiger partial charge >= 0.3 is 0 Å². The van der Waals surface area contributed by atoms with Crippen molar-refractivity contribution < 1.29 is 9.68 Å². The van der Waals surface area contributed by atoms with Gasteiger partial charge in [-0.05, 0) is 37.4 Å². The Kier molecular flexibility index (Phi) is 4.66. The van der Waals surface area contributed by atoms with E-state index < -0.39 is 0 Å². The maximum atomic E-state index is 13.3. The molecule has 1 aromatic heterocycles. The molecule has 5 rings (SSSR count). The van der Waals surface area contributed by atoms with Gasteiger partial charge in [-0.15, -0.1) is 5.06 Å². The van der Waals surface area contributed by atoms with Gasteiger partial charge in [0.1, 0.15) is 12.9 Å². The van der Waals surface area contributed by atoms with Gasteiger partial charge in [0.2, 0.25) is 0 Å². The molecular formula is C22H20N6O3. The van der Waals surface area contributed by atoms with Crippen molar-refractivity contribution in [1.29, 1.82) is 5.26 Å². The van der Waals surface area contributed by atoms with E-state index in [9.17, 15) is 10.1 Å². The van der Waals surface area contributed by atoms with E-state index in [1.54, 1.807) is 36.4 Å². The summed E-state index contributed by atoms with van der Waals surface area (Å²) in [6.07, 6.45) is 0. The van der Waals surface area contributed by atoms with Crippen LogP contribution in [-0.2, 0) is 4.84 Å². The van der Waals surface area contributed by atoms with E-state index in [1.807, 2.05) is 5.06 Å². The lowest BCUT2D eigenvalue weighted by Crippen LogP contribution is -2.45. The minimum absolute atomic E-state index is 0.210. The molecule has 0 radical (unpaired) electrons. The predicted octanol–water partition coefficient (Wildman–Crippen LogP) is 1.51. The molecule has 31 heavy (non-hydrogen) atoms. The summed E-state index contributed by atoms with van der Waals surface area (Å²) in [5, 5.41) is 15.7. The average Bonchev–Trinajstić information content (AvgIpc) is 3.08. The van der Waals surface area contributed by atoms with E-state index in [-0.39, 0.29) is 5.56 Å². The molecule has 0 saturated carbocycles. The highest BCUT2D eigenvalue weighted by Gasteiger charge is 2.30. The molecule has 9 heteroatoms. The Bertz CT molecular complexity index is 1320. The number of likely N-dealkylation sites (N-methyl/N-ethyl adjacent to an activating group) is 1. The maximum absolute atomic E-state index is 13.3. The summed E-state index contributed by atoms with van der Waals surface area (Å²) in [7, 11) is 3.52. The first kappa shape index (κ1) is 19.2. The number of aromatic nitrogens is 2. The molecule has 0 N–H and O–H groups in total. The smallest absolute Gasteiger partial charge is 0.266 e. The zero-order valence-electron chi connectivity index (χ0n) is 17.2. The van der Waals surface area contributed by atoms with Crippen LogP contribution in [0.15, 0.2) is 46.3 Å². The molecule has 2 aliphatic rings. The quantitative estimate of drug-likeness (QED) is 0.467. The molecule has 156 valence electrons. The number of hydrogen-bond donors (Lipinski definition) is 0. The van der Waals surface area contributed by atoms with Crippen molar-refractivity contribution in [2.75, 3.05) is 40.3 Å². The van der Waals surface area contributed by atoms with Gasteiger partial charge in [-0.1, -0.05) is 5.16 Å². The van der Waals surface area contributed by atoms with E-state index in [0.717, 1.165) is 26.2 Å². The summed E-state index contributed by atoms with van der Waals surface area (Å²) in [5.41, 5.74) is 2.45. The lowest BCUT2D eigenvalue weighted by Gasteiger charge is -2.31. The minimum Gasteiger partial charge on any atom is -0.406 e. The topological polar surface area (TPSA) is 96.0 Å². The number of piperazine rings is 1. The molecule has 0 aliphatic carbocycles. The summed E-state index contributed by atoms with van der Waals surface area (Å²) < 4.78 is 1.51. The number of nitrogens with zero attached hydrogens (tertiary/aromatic N) is 6. The lowest BCUT2D eigenvalue weighted by molar-refractivity contribution is -0.0848. The zero-order valence-corrected chi connectivity index (χ0v) is 17.2. The van der Waals surface area contributed by atoms with Gasteiger partial charge in [-0.2, -0.15) is 5.26 Å². The number of hydrogen-bond acceptors (Lipinski definition) is 8. The largest absolute Gasteiger partial charge is 0.406 e. The second-order valence-corrected chi connectivity index (χ2v) is 7.54. The van der Waals surface area contributed by atoms with Crippen LogP contribution in [0.2, 0.25) is 0 Å². The number of fused-ring (bicyclic) bond motifs is 4. The summed E-state index contributed by atoms with van der Waals surface area (Å²) in [6, 6.07) is 12.5. The van der Waals surface area contributed by atoms with Crippen molar-refractivity contribution in [3.05, 3.63) is 63.7 Å². The van der Waals surface area contributed by atoms with Gasteiger partial charge in [-0.25, -0.2) is 4.98 Å². The van der Waals surface area contributed by atoms with Crippen LogP contribution in [0.1, 0.15) is 17.0 Å². The standard InChI is InChI=1S/C22H20N6O3/c1-26-7-9-27(10-8-26)31-15-4-5-16-18(12-15)24-21-20(25-30-2)17-11-14(13-23)3-6-19(17)28(21)22(16)29/h3-6,11-12H,7-10H2,1-2H3/b25-20+. The first-order valence-electron chi connectivity index (χ1n) is 9.94. The molecular weight excluding hydrogens is 396 g/mol. The fraction of sp³-hybridized carbons (Fsp3) is 0.273. The number of benzene rings is 2. The van der Waals surface area contributed by atoms with E-state index in [2.05, 4.69) is 23.2 Å². The molecule has 2 aliphatic heterocycles. The summed E-state index contributed by atoms with van der Waals surface area (Å²) in [4.78, 5) is 31.3. The first-order valence-corrected chi connectivity index (χ1v) is 9.94. The van der Waals surface area contributed by atoms with Gasteiger partial charge in [-0.3, -0.25) is 9.36 Å². The molecule has 2 aromatic carbocycles. The molecule has 0 atom stereocenters. The molecule has 0 spiro atoms. The maximum Gasteiger partial charge on any atom is 0.266 e. The van der Waals surface area contributed by atoms with Gasteiger partial charge in [0.05, 0.1) is 28.2 Å². The van der Waals surface area contributed by atoms with Crippen LogP contribution in [0.5, 0.6) is 5.75 Å². The molecule has 9 nitrogen and oxygen atoms in total. The van der Waals surface area contributed by atoms with E-state index in [1.165, 1.54) is 11.7 Å². The molecule has 0 unspecified atom stereocenters. The van der Waals surface area contributed by atoms with Crippen LogP contribution < -0.4 is 10.4 Å². The monoisotopic (exact) mass is 416 g/mol. The first-order chi connectivity index (χ1) is 15.1. The normalized spacial score (nSPS) is 17.4. The minimum atomic E-state index is -0.210. The molecule has 3 heterocycles. The third-order valence-electron chi connectivity index (χ3n) is 5.55. The second-order valence-electron chi connectivity index (χ2n) is 7.54. The summed E-state index contributed by atoms with van der Waals surface area (Å²) in [5.74, 6) is 1.00. The van der Waals surface area contributed by atoms with E-state index >= 15 is 0 Å². The molecule has 1 fully saturated rings.